The molecule has 37 heavy (non-hydrogen) atoms. The summed E-state index contributed by atoms with van der Waals surface area (Å²) < 4.78 is 27.3. The van der Waals surface area contributed by atoms with Gasteiger partial charge in [0.15, 0.2) is 0 Å². The molecule has 4 amide bonds. The van der Waals surface area contributed by atoms with Gasteiger partial charge in [0.05, 0.1) is 28.0 Å². The topological polar surface area (TPSA) is 116 Å². The lowest BCUT2D eigenvalue weighted by Crippen LogP contribution is -2.50. The summed E-state index contributed by atoms with van der Waals surface area (Å²) in [5.41, 5.74) is -0.812. The normalized spacial score (nSPS) is 15.1. The predicted molar refractivity (Wildman–Crippen MR) is 134 cm³/mol. The Bertz CT molecular complexity index is 1390. The van der Waals surface area contributed by atoms with Crippen molar-refractivity contribution in [3.05, 3.63) is 89.5 Å². The van der Waals surface area contributed by atoms with Crippen LogP contribution >= 0.6 is 0 Å². The van der Waals surface area contributed by atoms with Gasteiger partial charge in [-0.15, -0.1) is 0 Å². The quantitative estimate of drug-likeness (QED) is 0.377. The van der Waals surface area contributed by atoms with Crippen LogP contribution in [0.4, 0.5) is 25.8 Å². The average Bonchev–Trinajstić information content (AvgIpc) is 2.98. The molecule has 0 aliphatic carbocycles. The average molecular weight is 507 g/mol. The monoisotopic (exact) mass is 506 g/mol. The van der Waals surface area contributed by atoms with Crippen LogP contribution in [0.25, 0.3) is 0 Å². The first-order valence-electron chi connectivity index (χ1n) is 11.4. The second-order valence-corrected chi connectivity index (χ2v) is 9.11. The molecule has 1 aliphatic heterocycles. The smallest absolute Gasteiger partial charge is 0.257 e. The van der Waals surface area contributed by atoms with E-state index in [0.29, 0.717) is 6.07 Å². The third-order valence-electron chi connectivity index (χ3n) is 6.12. The summed E-state index contributed by atoms with van der Waals surface area (Å²) in [7, 11) is 0. The van der Waals surface area contributed by atoms with Crippen molar-refractivity contribution in [2.45, 2.75) is 20.4 Å². The van der Waals surface area contributed by atoms with Crippen molar-refractivity contribution in [2.75, 3.05) is 16.0 Å². The van der Waals surface area contributed by atoms with Crippen LogP contribution in [-0.2, 0) is 20.9 Å². The number of hydrogen-bond acceptors (Lipinski definition) is 4. The number of halogens is 2. The van der Waals surface area contributed by atoms with Crippen LogP contribution in [0.15, 0.2) is 66.7 Å². The van der Waals surface area contributed by atoms with Crippen molar-refractivity contribution in [1.82, 2.24) is 5.32 Å². The molecule has 1 heterocycles. The summed E-state index contributed by atoms with van der Waals surface area (Å²) in [4.78, 5) is 52.4. The van der Waals surface area contributed by atoms with E-state index in [2.05, 4.69) is 21.3 Å². The largest absolute Gasteiger partial charge is 0.352 e. The van der Waals surface area contributed by atoms with Crippen LogP contribution in [0.3, 0.4) is 0 Å². The van der Waals surface area contributed by atoms with Crippen LogP contribution < -0.4 is 21.3 Å². The summed E-state index contributed by atoms with van der Waals surface area (Å²) in [6.07, 6.45) is 0. The maximum absolute atomic E-state index is 14.1. The second kappa shape index (κ2) is 10.2. The Morgan fingerprint density at radius 2 is 1.62 bits per heavy atom. The fourth-order valence-electron chi connectivity index (χ4n) is 4.07. The van der Waals surface area contributed by atoms with Gasteiger partial charge in [-0.2, -0.15) is 0 Å². The molecule has 3 aromatic rings. The molecule has 190 valence electrons. The minimum atomic E-state index is -1.45. The van der Waals surface area contributed by atoms with Crippen molar-refractivity contribution >= 4 is 40.7 Å². The van der Waals surface area contributed by atoms with Gasteiger partial charge in [-0.25, -0.2) is 8.78 Å². The fourth-order valence-corrected chi connectivity index (χ4v) is 4.07. The second-order valence-electron chi connectivity index (χ2n) is 9.11. The van der Waals surface area contributed by atoms with Gasteiger partial charge in [-0.3, -0.25) is 19.2 Å². The van der Waals surface area contributed by atoms with Crippen LogP contribution in [0, 0.1) is 23.0 Å². The van der Waals surface area contributed by atoms with Crippen LogP contribution in [-0.4, -0.2) is 23.6 Å². The van der Waals surface area contributed by atoms with Gasteiger partial charge < -0.3 is 21.3 Å². The number of anilines is 3. The number of para-hydroxylation sites is 1. The first-order chi connectivity index (χ1) is 17.6. The highest BCUT2D eigenvalue weighted by Gasteiger charge is 2.47. The number of amides is 4. The van der Waals surface area contributed by atoms with Gasteiger partial charge in [0.2, 0.25) is 17.7 Å². The van der Waals surface area contributed by atoms with Crippen LogP contribution in [0.1, 0.15) is 29.8 Å². The molecule has 10 heteroatoms. The molecule has 1 atom stereocenters. The van der Waals surface area contributed by atoms with Gasteiger partial charge in [0, 0.05) is 12.6 Å². The highest BCUT2D eigenvalue weighted by molar-refractivity contribution is 6.21. The summed E-state index contributed by atoms with van der Waals surface area (Å²) >= 11 is 0. The van der Waals surface area contributed by atoms with E-state index in [-0.39, 0.29) is 29.2 Å². The SMILES string of the molecule is CC(C)(C(=O)NCc1ccccc1)C1C(=O)Nc2cccc(C(=O)Nc3ccc(F)cc3F)c2NC1=O. The number of carbonyl (C=O) groups excluding carboxylic acids is 4. The van der Waals surface area contributed by atoms with Gasteiger partial charge in [-0.05, 0) is 43.7 Å². The zero-order valence-electron chi connectivity index (χ0n) is 20.0. The van der Waals surface area contributed by atoms with Crippen molar-refractivity contribution in [3.8, 4) is 0 Å². The van der Waals surface area contributed by atoms with E-state index in [1.165, 1.54) is 32.0 Å². The molecule has 8 nitrogen and oxygen atoms in total. The number of nitrogens with one attached hydrogen (secondary N) is 4. The molecule has 1 aliphatic rings. The molecule has 0 saturated heterocycles. The number of benzene rings is 3. The molecule has 0 spiro atoms. The molecule has 0 bridgehead atoms. The Morgan fingerprint density at radius 3 is 2.32 bits per heavy atom. The summed E-state index contributed by atoms with van der Waals surface area (Å²) in [6.45, 7) is 3.18. The molecular weight excluding hydrogens is 482 g/mol. The van der Waals surface area contributed by atoms with Gasteiger partial charge in [-0.1, -0.05) is 36.4 Å². The summed E-state index contributed by atoms with van der Waals surface area (Å²) in [5, 5.41) is 10.3. The zero-order chi connectivity index (χ0) is 26.7. The Kier molecular flexibility index (Phi) is 7.01. The maximum atomic E-state index is 14.1. The molecule has 3 aromatic carbocycles. The fraction of sp³-hybridized carbons (Fsp3) is 0.185. The first kappa shape index (κ1) is 25.5. The zero-order valence-corrected chi connectivity index (χ0v) is 20.0. The van der Waals surface area contributed by atoms with E-state index >= 15 is 0 Å². The Hall–Kier alpha value is -4.60. The summed E-state index contributed by atoms with van der Waals surface area (Å²) in [6, 6.07) is 16.2. The summed E-state index contributed by atoms with van der Waals surface area (Å²) in [5.74, 6) is -6.03. The van der Waals surface area contributed by atoms with E-state index in [4.69, 9.17) is 0 Å². The molecule has 1 unspecified atom stereocenters. The minimum absolute atomic E-state index is 0.0103. The number of hydrogen-bond donors (Lipinski definition) is 4. The molecule has 0 aromatic heterocycles. The number of fused-ring (bicyclic) bond motifs is 1. The standard InChI is InChI=1S/C27H24F2N4O4/c1-27(2,26(37)30-14-15-7-4-3-5-8-15)21-24(35)32-20-10-6-9-17(22(20)33-25(21)36)23(34)31-19-12-11-16(28)13-18(19)29/h3-13,21H,14H2,1-2H3,(H,30,37)(H,31,34)(H,32,35)(H,33,36). The van der Waals surface area contributed by atoms with Gasteiger partial charge in [0.1, 0.15) is 17.6 Å². The van der Waals surface area contributed by atoms with E-state index in [1.54, 1.807) is 0 Å². The molecule has 0 saturated carbocycles. The third kappa shape index (κ3) is 5.32. The van der Waals surface area contributed by atoms with Crippen molar-refractivity contribution < 1.29 is 28.0 Å². The van der Waals surface area contributed by atoms with E-state index in [0.717, 1.165) is 17.7 Å². The minimum Gasteiger partial charge on any atom is -0.352 e. The Morgan fingerprint density at radius 1 is 0.919 bits per heavy atom. The molecular formula is C27H24F2N4O4. The highest BCUT2D eigenvalue weighted by atomic mass is 19.1. The molecule has 0 fully saturated rings. The lowest BCUT2D eigenvalue weighted by Gasteiger charge is -2.29. The third-order valence-corrected chi connectivity index (χ3v) is 6.12. The van der Waals surface area contributed by atoms with Crippen LogP contribution in [0.2, 0.25) is 0 Å². The predicted octanol–water partition coefficient (Wildman–Crippen LogP) is 4.07. The van der Waals surface area contributed by atoms with E-state index in [1.807, 2.05) is 30.3 Å². The lowest BCUT2D eigenvalue weighted by atomic mass is 9.76. The Labute approximate surface area is 211 Å². The molecule has 0 radical (unpaired) electrons. The first-order valence-corrected chi connectivity index (χ1v) is 11.4. The van der Waals surface area contributed by atoms with E-state index < -0.39 is 46.6 Å². The van der Waals surface area contributed by atoms with Gasteiger partial charge in [0.25, 0.3) is 5.91 Å². The lowest BCUT2D eigenvalue weighted by molar-refractivity contribution is -0.144. The van der Waals surface area contributed by atoms with E-state index in [9.17, 15) is 28.0 Å². The van der Waals surface area contributed by atoms with Crippen molar-refractivity contribution in [2.24, 2.45) is 11.3 Å². The molecule has 4 N–H and O–H groups in total. The molecule has 4 rings (SSSR count). The van der Waals surface area contributed by atoms with Crippen molar-refractivity contribution in [3.63, 3.8) is 0 Å². The Balaban J connectivity index is 1.57. The van der Waals surface area contributed by atoms with Crippen LogP contribution in [0.5, 0.6) is 0 Å². The van der Waals surface area contributed by atoms with Gasteiger partial charge >= 0.3 is 0 Å². The highest BCUT2D eigenvalue weighted by Crippen LogP contribution is 2.36. The number of rotatable bonds is 6. The maximum Gasteiger partial charge on any atom is 0.257 e. The van der Waals surface area contributed by atoms with Crippen molar-refractivity contribution in [1.29, 1.82) is 0 Å². The number of carbonyl (C=O) groups is 4.